The van der Waals surface area contributed by atoms with Crippen LogP contribution >= 0.6 is 11.6 Å². The Morgan fingerprint density at radius 3 is 2.67 bits per heavy atom. The van der Waals surface area contributed by atoms with Gasteiger partial charge in [-0.2, -0.15) is 5.26 Å². The molecule has 0 saturated heterocycles. The van der Waals surface area contributed by atoms with Gasteiger partial charge in [0.25, 0.3) is 0 Å². The molecule has 0 aliphatic rings. The molecular weight excluding hydrogens is 214 g/mol. The Morgan fingerprint density at radius 2 is 2.13 bits per heavy atom. The summed E-state index contributed by atoms with van der Waals surface area (Å²) in [5.74, 6) is 0.401. The molecule has 0 bridgehead atoms. The topological polar surface area (TPSA) is 53.2 Å². The Labute approximate surface area is 93.9 Å². The fourth-order valence-corrected chi connectivity index (χ4v) is 1.22. The second-order valence-corrected chi connectivity index (χ2v) is 3.70. The fraction of sp³-hybridized carbons (Fsp3) is 0.364. The molecule has 0 aliphatic carbocycles. The predicted molar refractivity (Wildman–Crippen MR) is 57.9 cm³/mol. The molecule has 80 valence electrons. The number of nitrogens with zero attached hydrogens (tertiary/aromatic N) is 1. The molecule has 0 spiro atoms. The molecule has 1 N–H and O–H groups in total. The van der Waals surface area contributed by atoms with Crippen LogP contribution in [0, 0.1) is 11.3 Å². The van der Waals surface area contributed by atoms with Crippen LogP contribution in [0.15, 0.2) is 18.2 Å². The molecule has 0 fully saturated rings. The van der Waals surface area contributed by atoms with E-state index in [9.17, 15) is 5.11 Å². The number of aliphatic hydroxyl groups is 1. The van der Waals surface area contributed by atoms with Crippen LogP contribution in [0.1, 0.15) is 19.4 Å². The van der Waals surface area contributed by atoms with Gasteiger partial charge in [0.1, 0.15) is 23.5 Å². The maximum absolute atomic E-state index is 9.27. The van der Waals surface area contributed by atoms with E-state index in [0.29, 0.717) is 16.3 Å². The lowest BCUT2D eigenvalue weighted by atomic mass is 10.2. The zero-order valence-electron chi connectivity index (χ0n) is 8.57. The molecule has 0 saturated carbocycles. The van der Waals surface area contributed by atoms with Gasteiger partial charge in [-0.15, -0.1) is 0 Å². The van der Waals surface area contributed by atoms with Crippen molar-refractivity contribution in [3.05, 3.63) is 28.8 Å². The van der Waals surface area contributed by atoms with Gasteiger partial charge in [-0.05, 0) is 26.0 Å². The van der Waals surface area contributed by atoms with Crippen molar-refractivity contribution in [2.24, 2.45) is 0 Å². The van der Waals surface area contributed by atoms with Gasteiger partial charge < -0.3 is 9.84 Å². The highest BCUT2D eigenvalue weighted by molar-refractivity contribution is 6.31. The van der Waals surface area contributed by atoms with Gasteiger partial charge in [0.2, 0.25) is 0 Å². The summed E-state index contributed by atoms with van der Waals surface area (Å²) < 4.78 is 5.42. The number of halogens is 1. The molecular formula is C11H12ClNO2. The Kier molecular flexibility index (Phi) is 3.96. The van der Waals surface area contributed by atoms with E-state index < -0.39 is 6.10 Å². The lowest BCUT2D eigenvalue weighted by Gasteiger charge is -2.18. The van der Waals surface area contributed by atoms with Crippen LogP contribution in [0.2, 0.25) is 5.02 Å². The molecule has 0 aliphatic heterocycles. The third kappa shape index (κ3) is 2.85. The van der Waals surface area contributed by atoms with Gasteiger partial charge >= 0.3 is 0 Å². The fourth-order valence-electron chi connectivity index (χ4n) is 1.01. The minimum Gasteiger partial charge on any atom is -0.487 e. The van der Waals surface area contributed by atoms with E-state index in [4.69, 9.17) is 21.6 Å². The van der Waals surface area contributed by atoms with Crippen molar-refractivity contribution >= 4 is 11.6 Å². The minimum absolute atomic E-state index is 0.298. The SMILES string of the molecule is CC(O)C(C)Oc1cccc(Cl)c1C#N. The highest BCUT2D eigenvalue weighted by Crippen LogP contribution is 2.26. The summed E-state index contributed by atoms with van der Waals surface area (Å²) in [6, 6.07) is 6.95. The summed E-state index contributed by atoms with van der Waals surface area (Å²) in [4.78, 5) is 0. The van der Waals surface area contributed by atoms with Crippen LogP contribution in [-0.4, -0.2) is 17.3 Å². The lowest BCUT2D eigenvalue weighted by Crippen LogP contribution is -2.25. The Hall–Kier alpha value is -1.24. The largest absolute Gasteiger partial charge is 0.487 e. The van der Waals surface area contributed by atoms with Crippen LogP contribution in [0.5, 0.6) is 5.75 Å². The zero-order chi connectivity index (χ0) is 11.4. The molecule has 2 unspecified atom stereocenters. The number of nitriles is 1. The standard InChI is InChI=1S/C11H12ClNO2/c1-7(14)8(2)15-11-5-3-4-10(12)9(11)6-13/h3-5,7-8,14H,1-2H3. The molecule has 1 aromatic rings. The summed E-state index contributed by atoms with van der Waals surface area (Å²) in [6.07, 6.45) is -0.980. The highest BCUT2D eigenvalue weighted by Gasteiger charge is 2.14. The van der Waals surface area contributed by atoms with Crippen molar-refractivity contribution in [3.8, 4) is 11.8 Å². The Balaban J connectivity index is 2.96. The monoisotopic (exact) mass is 225 g/mol. The summed E-state index contributed by atoms with van der Waals surface area (Å²) >= 11 is 5.83. The first kappa shape index (κ1) is 11.8. The number of benzene rings is 1. The normalized spacial score (nSPS) is 14.1. The number of ether oxygens (including phenoxy) is 1. The molecule has 1 aromatic carbocycles. The number of hydrogen-bond acceptors (Lipinski definition) is 3. The molecule has 4 heteroatoms. The van der Waals surface area contributed by atoms with Crippen LogP contribution in [0.4, 0.5) is 0 Å². The molecule has 0 radical (unpaired) electrons. The summed E-state index contributed by atoms with van der Waals surface area (Å²) in [7, 11) is 0. The third-order valence-corrected chi connectivity index (χ3v) is 2.39. The van der Waals surface area contributed by atoms with Crippen molar-refractivity contribution in [2.75, 3.05) is 0 Å². The summed E-state index contributed by atoms with van der Waals surface area (Å²) in [5.41, 5.74) is 0.298. The number of rotatable bonds is 3. The first-order chi connectivity index (χ1) is 7.06. The van der Waals surface area contributed by atoms with Gasteiger partial charge in [-0.3, -0.25) is 0 Å². The molecule has 0 aromatic heterocycles. The Bertz CT molecular complexity index is 385. The number of aliphatic hydroxyl groups excluding tert-OH is 1. The Morgan fingerprint density at radius 1 is 1.47 bits per heavy atom. The average molecular weight is 226 g/mol. The third-order valence-electron chi connectivity index (χ3n) is 2.08. The van der Waals surface area contributed by atoms with E-state index in [1.54, 1.807) is 32.0 Å². The van der Waals surface area contributed by atoms with E-state index >= 15 is 0 Å². The van der Waals surface area contributed by atoms with E-state index in [1.165, 1.54) is 0 Å². The van der Waals surface area contributed by atoms with E-state index in [2.05, 4.69) is 0 Å². The maximum Gasteiger partial charge on any atom is 0.139 e. The summed E-state index contributed by atoms with van der Waals surface area (Å²) in [5, 5.41) is 18.5. The molecule has 0 heterocycles. The summed E-state index contributed by atoms with van der Waals surface area (Å²) in [6.45, 7) is 3.36. The van der Waals surface area contributed by atoms with Crippen molar-refractivity contribution in [3.63, 3.8) is 0 Å². The first-order valence-electron chi connectivity index (χ1n) is 4.59. The highest BCUT2D eigenvalue weighted by atomic mass is 35.5. The van der Waals surface area contributed by atoms with Gasteiger partial charge in [0, 0.05) is 0 Å². The van der Waals surface area contributed by atoms with Gasteiger partial charge in [0.15, 0.2) is 0 Å². The van der Waals surface area contributed by atoms with Gasteiger partial charge in [-0.25, -0.2) is 0 Å². The maximum atomic E-state index is 9.27. The van der Waals surface area contributed by atoms with Crippen LogP contribution in [0.25, 0.3) is 0 Å². The molecule has 15 heavy (non-hydrogen) atoms. The van der Waals surface area contributed by atoms with Crippen LogP contribution in [-0.2, 0) is 0 Å². The van der Waals surface area contributed by atoms with Gasteiger partial charge in [-0.1, -0.05) is 17.7 Å². The number of hydrogen-bond donors (Lipinski definition) is 1. The van der Waals surface area contributed by atoms with E-state index in [1.807, 2.05) is 6.07 Å². The van der Waals surface area contributed by atoms with Crippen molar-refractivity contribution in [1.82, 2.24) is 0 Å². The zero-order valence-corrected chi connectivity index (χ0v) is 9.32. The molecule has 2 atom stereocenters. The predicted octanol–water partition coefficient (Wildman–Crippen LogP) is 2.36. The first-order valence-corrected chi connectivity index (χ1v) is 4.97. The van der Waals surface area contributed by atoms with Crippen LogP contribution in [0.3, 0.4) is 0 Å². The van der Waals surface area contributed by atoms with E-state index in [0.717, 1.165) is 0 Å². The van der Waals surface area contributed by atoms with Crippen molar-refractivity contribution in [2.45, 2.75) is 26.1 Å². The lowest BCUT2D eigenvalue weighted by molar-refractivity contribution is 0.0603. The quantitative estimate of drug-likeness (QED) is 0.859. The van der Waals surface area contributed by atoms with E-state index in [-0.39, 0.29) is 6.10 Å². The molecule has 0 amide bonds. The minimum atomic E-state index is -0.601. The van der Waals surface area contributed by atoms with Gasteiger partial charge in [0.05, 0.1) is 11.1 Å². The second kappa shape index (κ2) is 5.01. The average Bonchev–Trinajstić information content (AvgIpc) is 2.18. The molecule has 3 nitrogen and oxygen atoms in total. The molecule has 1 rings (SSSR count). The van der Waals surface area contributed by atoms with Crippen molar-refractivity contribution < 1.29 is 9.84 Å². The smallest absolute Gasteiger partial charge is 0.139 e. The van der Waals surface area contributed by atoms with Crippen molar-refractivity contribution in [1.29, 1.82) is 5.26 Å². The van der Waals surface area contributed by atoms with Crippen LogP contribution < -0.4 is 4.74 Å². The second-order valence-electron chi connectivity index (χ2n) is 3.29.